The van der Waals surface area contributed by atoms with E-state index in [0.29, 0.717) is 0 Å². The number of hydrazone groups is 1. The van der Waals surface area contributed by atoms with Gasteiger partial charge in [0, 0.05) is 5.56 Å². The van der Waals surface area contributed by atoms with Crippen LogP contribution in [0.3, 0.4) is 0 Å². The Balaban J connectivity index is 3.06. The van der Waals surface area contributed by atoms with E-state index >= 15 is 0 Å². The summed E-state index contributed by atoms with van der Waals surface area (Å²) in [5, 5.41) is 3.39. The summed E-state index contributed by atoms with van der Waals surface area (Å²) in [6, 6.07) is 4.75. The first-order valence-corrected chi connectivity index (χ1v) is 5.50. The maximum Gasteiger partial charge on any atom is 0.332 e. The van der Waals surface area contributed by atoms with Crippen molar-refractivity contribution in [3.63, 3.8) is 0 Å². The zero-order chi connectivity index (χ0) is 12.2. The Kier molecular flexibility index (Phi) is 3.59. The van der Waals surface area contributed by atoms with Gasteiger partial charge < -0.3 is 5.73 Å². The number of primary amides is 1. The number of nitrogens with one attached hydrogen (secondary N) is 1. The Morgan fingerprint density at radius 2 is 2.06 bits per heavy atom. The van der Waals surface area contributed by atoms with E-state index in [0.717, 1.165) is 6.21 Å². The van der Waals surface area contributed by atoms with Gasteiger partial charge in [-0.1, -0.05) is 18.2 Å². The summed E-state index contributed by atoms with van der Waals surface area (Å²) in [5.74, 6) is 0. The second-order valence-electron chi connectivity index (χ2n) is 2.75. The minimum Gasteiger partial charge on any atom is -0.350 e. The van der Waals surface area contributed by atoms with Crippen LogP contribution in [-0.2, 0) is 10.1 Å². The molecular weight excluding hydrogens is 234 g/mol. The monoisotopic (exact) mass is 243 g/mol. The summed E-state index contributed by atoms with van der Waals surface area (Å²) >= 11 is 0. The number of carbonyl (C=O) groups is 1. The van der Waals surface area contributed by atoms with E-state index in [1.54, 1.807) is 6.07 Å². The molecule has 0 aromatic heterocycles. The van der Waals surface area contributed by atoms with Crippen LogP contribution in [-0.4, -0.2) is 25.2 Å². The van der Waals surface area contributed by atoms with E-state index in [1.807, 2.05) is 5.43 Å². The van der Waals surface area contributed by atoms with E-state index in [4.69, 9.17) is 10.3 Å². The van der Waals surface area contributed by atoms with Gasteiger partial charge in [-0.25, -0.2) is 10.2 Å². The summed E-state index contributed by atoms with van der Waals surface area (Å²) in [6.07, 6.45) is 1.06. The van der Waals surface area contributed by atoms with Crippen LogP contribution in [0.25, 0.3) is 0 Å². The van der Waals surface area contributed by atoms with Crippen molar-refractivity contribution in [2.75, 3.05) is 0 Å². The summed E-state index contributed by atoms with van der Waals surface area (Å²) < 4.78 is 30.7. The molecule has 1 aromatic carbocycles. The number of nitrogens with zero attached hydrogens (tertiary/aromatic N) is 1. The fourth-order valence-electron chi connectivity index (χ4n) is 0.988. The van der Waals surface area contributed by atoms with Gasteiger partial charge in [-0.05, 0) is 6.07 Å². The quantitative estimate of drug-likeness (QED) is 0.391. The van der Waals surface area contributed by atoms with Crippen molar-refractivity contribution in [2.45, 2.75) is 4.90 Å². The highest BCUT2D eigenvalue weighted by atomic mass is 32.2. The third kappa shape index (κ3) is 3.33. The van der Waals surface area contributed by atoms with Crippen molar-refractivity contribution in [2.24, 2.45) is 10.8 Å². The van der Waals surface area contributed by atoms with Crippen molar-refractivity contribution in [3.05, 3.63) is 29.8 Å². The topological polar surface area (TPSA) is 122 Å². The van der Waals surface area contributed by atoms with Crippen molar-refractivity contribution >= 4 is 22.4 Å². The molecule has 0 radical (unpaired) electrons. The summed E-state index contributed by atoms with van der Waals surface area (Å²) in [7, 11) is -4.32. The first kappa shape index (κ1) is 12.1. The highest BCUT2D eigenvalue weighted by Crippen LogP contribution is 2.12. The summed E-state index contributed by atoms with van der Waals surface area (Å²) in [4.78, 5) is 10.0. The van der Waals surface area contributed by atoms with Crippen LogP contribution in [0, 0.1) is 0 Å². The Morgan fingerprint density at radius 3 is 2.62 bits per heavy atom. The highest BCUT2D eigenvalue weighted by Gasteiger charge is 2.12. The van der Waals surface area contributed by atoms with Gasteiger partial charge in [-0.2, -0.15) is 13.5 Å². The second-order valence-corrected chi connectivity index (χ2v) is 4.14. The maximum atomic E-state index is 10.9. The molecule has 16 heavy (non-hydrogen) atoms. The zero-order valence-electron chi connectivity index (χ0n) is 7.99. The van der Waals surface area contributed by atoms with Crippen LogP contribution < -0.4 is 11.2 Å². The van der Waals surface area contributed by atoms with E-state index < -0.39 is 16.1 Å². The molecule has 2 amide bonds. The van der Waals surface area contributed by atoms with Crippen LogP contribution in [0.2, 0.25) is 0 Å². The lowest BCUT2D eigenvalue weighted by atomic mass is 10.2. The molecular formula is C8H9N3O4S. The molecule has 0 aliphatic carbocycles. The molecule has 0 saturated carbocycles. The average Bonchev–Trinajstić information content (AvgIpc) is 2.16. The molecule has 0 fully saturated rings. The van der Waals surface area contributed by atoms with Gasteiger partial charge in [-0.3, -0.25) is 4.55 Å². The second kappa shape index (κ2) is 4.73. The number of benzene rings is 1. The Bertz CT molecular complexity index is 524. The molecule has 86 valence electrons. The Labute approximate surface area is 91.7 Å². The number of urea groups is 1. The van der Waals surface area contributed by atoms with Gasteiger partial charge in [-0.15, -0.1) is 0 Å². The number of nitrogens with two attached hydrogens (primary N) is 1. The maximum absolute atomic E-state index is 10.9. The fourth-order valence-corrected chi connectivity index (χ4v) is 1.66. The van der Waals surface area contributed by atoms with Gasteiger partial charge >= 0.3 is 6.03 Å². The Morgan fingerprint density at radius 1 is 1.44 bits per heavy atom. The first-order chi connectivity index (χ1) is 7.41. The van der Waals surface area contributed by atoms with E-state index in [2.05, 4.69) is 5.10 Å². The molecule has 0 spiro atoms. The number of hydrogen-bond acceptors (Lipinski definition) is 4. The molecule has 4 N–H and O–H groups in total. The minimum absolute atomic E-state index is 0.138. The highest BCUT2D eigenvalue weighted by molar-refractivity contribution is 7.86. The number of carbonyl (C=O) groups excluding carboxylic acids is 1. The van der Waals surface area contributed by atoms with Crippen molar-refractivity contribution in [1.29, 1.82) is 0 Å². The van der Waals surface area contributed by atoms with Gasteiger partial charge in [0.2, 0.25) is 0 Å². The van der Waals surface area contributed by atoms with Gasteiger partial charge in [0.25, 0.3) is 10.1 Å². The smallest absolute Gasteiger partial charge is 0.332 e. The molecule has 0 atom stereocenters. The molecule has 1 rings (SSSR count). The lowest BCUT2D eigenvalue weighted by Crippen LogP contribution is -2.24. The molecule has 0 heterocycles. The van der Waals surface area contributed by atoms with Crippen LogP contribution in [0.1, 0.15) is 5.56 Å². The van der Waals surface area contributed by atoms with Crippen LogP contribution >= 0.6 is 0 Å². The molecule has 8 heteroatoms. The predicted octanol–water partition coefficient (Wildman–Crippen LogP) is -0.0645. The Hall–Kier alpha value is -1.93. The van der Waals surface area contributed by atoms with Gasteiger partial charge in [0.1, 0.15) is 4.90 Å². The molecule has 0 bridgehead atoms. The zero-order valence-corrected chi connectivity index (χ0v) is 8.81. The molecule has 7 nitrogen and oxygen atoms in total. The predicted molar refractivity (Wildman–Crippen MR) is 56.6 cm³/mol. The standard InChI is InChI=1S/C8H9N3O4S/c9-8(12)11-10-5-6-3-1-2-4-7(6)16(13,14)15/h1-5H,(H3,9,11,12)(H,13,14,15). The van der Waals surface area contributed by atoms with Gasteiger partial charge in [0.15, 0.2) is 0 Å². The molecule has 0 unspecified atom stereocenters. The molecule has 0 saturated heterocycles. The van der Waals surface area contributed by atoms with Crippen molar-refractivity contribution < 1.29 is 17.8 Å². The van der Waals surface area contributed by atoms with Gasteiger partial charge in [0.05, 0.1) is 6.21 Å². The number of rotatable bonds is 3. The third-order valence-electron chi connectivity index (χ3n) is 1.58. The molecule has 1 aromatic rings. The average molecular weight is 243 g/mol. The van der Waals surface area contributed by atoms with Crippen molar-refractivity contribution in [1.82, 2.24) is 5.43 Å². The van der Waals surface area contributed by atoms with E-state index in [-0.39, 0.29) is 10.5 Å². The summed E-state index contributed by atoms with van der Waals surface area (Å²) in [6.45, 7) is 0. The van der Waals surface area contributed by atoms with Crippen molar-refractivity contribution in [3.8, 4) is 0 Å². The number of amides is 2. The third-order valence-corrected chi connectivity index (χ3v) is 2.50. The molecule has 0 aliphatic heterocycles. The SMILES string of the molecule is NC(=O)NN=Cc1ccccc1S(=O)(=O)O. The van der Waals surface area contributed by atoms with E-state index in [9.17, 15) is 13.2 Å². The fraction of sp³-hybridized carbons (Fsp3) is 0. The van der Waals surface area contributed by atoms with Crippen LogP contribution in [0.5, 0.6) is 0 Å². The normalized spacial score (nSPS) is 11.6. The van der Waals surface area contributed by atoms with Crippen LogP contribution in [0.15, 0.2) is 34.3 Å². The first-order valence-electron chi connectivity index (χ1n) is 4.06. The molecule has 0 aliphatic rings. The van der Waals surface area contributed by atoms with Crippen LogP contribution in [0.4, 0.5) is 4.79 Å². The number of hydrogen-bond donors (Lipinski definition) is 3. The van der Waals surface area contributed by atoms with E-state index in [1.165, 1.54) is 18.2 Å². The lowest BCUT2D eigenvalue weighted by Gasteiger charge is -2.00. The lowest BCUT2D eigenvalue weighted by molar-refractivity contribution is 0.249. The summed E-state index contributed by atoms with van der Waals surface area (Å²) in [5.41, 5.74) is 6.79. The minimum atomic E-state index is -4.32. The largest absolute Gasteiger partial charge is 0.350 e.